The lowest BCUT2D eigenvalue weighted by Crippen LogP contribution is -2.44. The zero-order valence-electron chi connectivity index (χ0n) is 14.5. The fourth-order valence-electron chi connectivity index (χ4n) is 4.00. The zero-order chi connectivity index (χ0) is 17.6. The lowest BCUT2D eigenvalue weighted by atomic mass is 9.84. The number of hydrogen-bond acceptors (Lipinski definition) is 4. The number of carbonyl (C=O) groups is 2. The minimum Gasteiger partial charge on any atom is -0.361 e. The first-order chi connectivity index (χ1) is 12.0. The summed E-state index contributed by atoms with van der Waals surface area (Å²) >= 11 is 0. The van der Waals surface area contributed by atoms with Gasteiger partial charge in [-0.05, 0) is 50.7 Å². The molecule has 1 N–H and O–H groups in total. The number of hydrogen-bond donors (Lipinski definition) is 1. The van der Waals surface area contributed by atoms with Crippen molar-refractivity contribution in [1.29, 1.82) is 0 Å². The number of amides is 3. The van der Waals surface area contributed by atoms with Crippen LogP contribution in [0.4, 0.5) is 4.79 Å². The van der Waals surface area contributed by atoms with E-state index < -0.39 is 5.54 Å². The number of carbonyl (C=O) groups excluding carboxylic acids is 2. The molecule has 0 radical (unpaired) electrons. The van der Waals surface area contributed by atoms with E-state index in [-0.39, 0.29) is 18.5 Å². The van der Waals surface area contributed by atoms with E-state index in [1.165, 1.54) is 4.90 Å². The lowest BCUT2D eigenvalue weighted by molar-refractivity contribution is -0.132. The molecule has 0 bridgehead atoms. The third-order valence-corrected chi connectivity index (χ3v) is 5.40. The van der Waals surface area contributed by atoms with Gasteiger partial charge in [0.25, 0.3) is 5.91 Å². The minimum atomic E-state index is -0.941. The Morgan fingerprint density at radius 3 is 2.80 bits per heavy atom. The van der Waals surface area contributed by atoms with E-state index in [1.807, 2.05) is 25.1 Å². The van der Waals surface area contributed by atoms with Gasteiger partial charge in [0.1, 0.15) is 11.3 Å². The van der Waals surface area contributed by atoms with Gasteiger partial charge in [0.2, 0.25) is 0 Å². The van der Waals surface area contributed by atoms with Crippen molar-refractivity contribution in [1.82, 2.24) is 15.4 Å². The number of aromatic nitrogens is 1. The highest BCUT2D eigenvalue weighted by atomic mass is 16.5. The lowest BCUT2D eigenvalue weighted by Gasteiger charge is -2.27. The average Bonchev–Trinajstić information content (AvgIpc) is 2.95. The SMILES string of the molecule is Cc1noc(C)c1CN1C(=O)N[C@]2(CCCCc3ccccc32)C1=O. The normalized spacial score (nSPS) is 22.9. The number of rotatable bonds is 2. The first kappa shape index (κ1) is 15.9. The Morgan fingerprint density at radius 1 is 1.24 bits per heavy atom. The molecule has 1 fully saturated rings. The standard InChI is InChI=1S/C19H21N3O3/c1-12-15(13(2)25-21-12)11-22-17(23)19(20-18(22)24)10-6-5-8-14-7-3-4-9-16(14)19/h3-4,7,9H,5-6,8,10-11H2,1-2H3,(H,20,24)/t19-/m0/s1. The van der Waals surface area contributed by atoms with Crippen molar-refractivity contribution in [3.05, 3.63) is 52.4 Å². The van der Waals surface area contributed by atoms with Crippen molar-refractivity contribution >= 4 is 11.9 Å². The van der Waals surface area contributed by atoms with Crippen molar-refractivity contribution in [2.45, 2.75) is 51.6 Å². The van der Waals surface area contributed by atoms with E-state index in [2.05, 4.69) is 16.5 Å². The molecule has 1 aromatic carbocycles. The van der Waals surface area contributed by atoms with E-state index in [1.54, 1.807) is 6.92 Å². The third-order valence-electron chi connectivity index (χ3n) is 5.40. The van der Waals surface area contributed by atoms with Gasteiger partial charge >= 0.3 is 6.03 Å². The second-order valence-electron chi connectivity index (χ2n) is 6.89. The van der Waals surface area contributed by atoms with Gasteiger partial charge in [0.15, 0.2) is 0 Å². The van der Waals surface area contributed by atoms with Gasteiger partial charge in [-0.2, -0.15) is 0 Å². The van der Waals surface area contributed by atoms with Gasteiger partial charge in [-0.3, -0.25) is 9.69 Å². The predicted octanol–water partition coefficient (Wildman–Crippen LogP) is 2.97. The molecule has 3 amide bonds. The molecule has 6 heteroatoms. The molecule has 1 atom stereocenters. The monoisotopic (exact) mass is 339 g/mol. The summed E-state index contributed by atoms with van der Waals surface area (Å²) in [6, 6.07) is 7.60. The Labute approximate surface area is 146 Å². The van der Waals surface area contributed by atoms with Crippen LogP contribution < -0.4 is 5.32 Å². The molecule has 0 unspecified atom stereocenters. The van der Waals surface area contributed by atoms with Gasteiger partial charge in [-0.1, -0.05) is 29.4 Å². The van der Waals surface area contributed by atoms with Crippen molar-refractivity contribution in [2.75, 3.05) is 0 Å². The Morgan fingerprint density at radius 2 is 2.04 bits per heavy atom. The summed E-state index contributed by atoms with van der Waals surface area (Å²) in [4.78, 5) is 27.3. The topological polar surface area (TPSA) is 75.4 Å². The Kier molecular flexibility index (Phi) is 3.63. The van der Waals surface area contributed by atoms with Crippen molar-refractivity contribution in [3.63, 3.8) is 0 Å². The highest BCUT2D eigenvalue weighted by molar-refractivity contribution is 6.07. The summed E-state index contributed by atoms with van der Waals surface area (Å²) in [6.07, 6.45) is 3.49. The van der Waals surface area contributed by atoms with E-state index in [4.69, 9.17) is 4.52 Å². The Bertz CT molecular complexity index is 838. The van der Waals surface area contributed by atoms with Crippen LogP contribution in [0.2, 0.25) is 0 Å². The molecule has 1 spiro atoms. The van der Waals surface area contributed by atoms with Crippen LogP contribution in [0.15, 0.2) is 28.8 Å². The third kappa shape index (κ3) is 2.35. The maximum atomic E-state index is 13.3. The van der Waals surface area contributed by atoms with Gasteiger partial charge < -0.3 is 9.84 Å². The van der Waals surface area contributed by atoms with Crippen molar-refractivity contribution in [2.24, 2.45) is 0 Å². The predicted molar refractivity (Wildman–Crippen MR) is 90.7 cm³/mol. The largest absolute Gasteiger partial charge is 0.361 e. The molecule has 130 valence electrons. The number of benzene rings is 1. The van der Waals surface area contributed by atoms with Crippen molar-refractivity contribution in [3.8, 4) is 0 Å². The van der Waals surface area contributed by atoms with Crippen LogP contribution in [0, 0.1) is 13.8 Å². The Balaban J connectivity index is 1.74. The highest BCUT2D eigenvalue weighted by Gasteiger charge is 2.53. The van der Waals surface area contributed by atoms with Crippen LogP contribution in [-0.4, -0.2) is 22.0 Å². The number of nitrogens with one attached hydrogen (secondary N) is 1. The number of urea groups is 1. The second kappa shape index (κ2) is 5.72. The molecule has 1 aliphatic heterocycles. The summed E-state index contributed by atoms with van der Waals surface area (Å²) in [7, 11) is 0. The van der Waals surface area contributed by atoms with Crippen LogP contribution in [0.5, 0.6) is 0 Å². The molecule has 4 rings (SSSR count). The summed E-state index contributed by atoms with van der Waals surface area (Å²) in [6.45, 7) is 3.81. The first-order valence-corrected chi connectivity index (χ1v) is 8.67. The summed E-state index contributed by atoms with van der Waals surface area (Å²) in [5.74, 6) is 0.465. The Hall–Kier alpha value is -2.63. The highest BCUT2D eigenvalue weighted by Crippen LogP contribution is 2.39. The van der Waals surface area contributed by atoms with Gasteiger partial charge in [-0.15, -0.1) is 0 Å². The van der Waals surface area contributed by atoms with E-state index in [9.17, 15) is 9.59 Å². The average molecular weight is 339 g/mol. The second-order valence-corrected chi connectivity index (χ2v) is 6.89. The molecule has 1 aromatic heterocycles. The fourth-order valence-corrected chi connectivity index (χ4v) is 4.00. The van der Waals surface area contributed by atoms with Crippen LogP contribution in [0.3, 0.4) is 0 Å². The molecule has 1 saturated heterocycles. The molecular weight excluding hydrogens is 318 g/mol. The van der Waals surface area contributed by atoms with Gasteiger partial charge in [-0.25, -0.2) is 4.79 Å². The first-order valence-electron chi connectivity index (χ1n) is 8.67. The summed E-state index contributed by atoms with van der Waals surface area (Å²) in [5.41, 5.74) is 2.64. The smallest absolute Gasteiger partial charge is 0.325 e. The van der Waals surface area contributed by atoms with E-state index in [0.717, 1.165) is 36.0 Å². The minimum absolute atomic E-state index is 0.174. The molecule has 0 saturated carbocycles. The number of fused-ring (bicyclic) bond motifs is 2. The summed E-state index contributed by atoms with van der Waals surface area (Å²) < 4.78 is 5.17. The van der Waals surface area contributed by atoms with Gasteiger partial charge in [0, 0.05) is 5.56 Å². The van der Waals surface area contributed by atoms with E-state index in [0.29, 0.717) is 17.9 Å². The molecule has 2 aromatic rings. The quantitative estimate of drug-likeness (QED) is 0.854. The van der Waals surface area contributed by atoms with Crippen LogP contribution in [-0.2, 0) is 23.3 Å². The number of aryl methyl sites for hydroxylation is 3. The van der Waals surface area contributed by atoms with E-state index >= 15 is 0 Å². The molecule has 2 heterocycles. The fraction of sp³-hybridized carbons (Fsp3) is 0.421. The maximum Gasteiger partial charge on any atom is 0.325 e. The number of imide groups is 1. The summed E-state index contributed by atoms with van der Waals surface area (Å²) in [5, 5.41) is 6.92. The molecular formula is C19H21N3O3. The molecule has 1 aliphatic carbocycles. The van der Waals surface area contributed by atoms with Gasteiger partial charge in [0.05, 0.1) is 12.2 Å². The zero-order valence-corrected chi connectivity index (χ0v) is 14.5. The van der Waals surface area contributed by atoms with Crippen LogP contribution >= 0.6 is 0 Å². The molecule has 25 heavy (non-hydrogen) atoms. The van der Waals surface area contributed by atoms with Crippen molar-refractivity contribution < 1.29 is 14.1 Å². The molecule has 2 aliphatic rings. The van der Waals surface area contributed by atoms with Crippen LogP contribution in [0.1, 0.15) is 47.4 Å². The molecule has 6 nitrogen and oxygen atoms in total. The number of nitrogens with zero attached hydrogens (tertiary/aromatic N) is 2. The van der Waals surface area contributed by atoms with Crippen LogP contribution in [0.25, 0.3) is 0 Å². The maximum absolute atomic E-state index is 13.3.